The van der Waals surface area contributed by atoms with E-state index in [-0.39, 0.29) is 5.82 Å². The van der Waals surface area contributed by atoms with Crippen LogP contribution >= 0.6 is 0 Å². The van der Waals surface area contributed by atoms with Crippen molar-refractivity contribution in [2.45, 2.75) is 6.04 Å². The van der Waals surface area contributed by atoms with Crippen LogP contribution in [0.4, 0.5) is 4.39 Å². The summed E-state index contributed by atoms with van der Waals surface area (Å²) in [6.45, 7) is -0.553. The second-order valence-corrected chi connectivity index (χ2v) is 3.65. The molecule has 0 bridgehead atoms. The topological polar surface area (TPSA) is 75.6 Å². The highest BCUT2D eigenvalue weighted by Crippen LogP contribution is 2.04. The average Bonchev–Trinajstić information content (AvgIpc) is 2.43. The number of carbonyl (C=O) groups is 2. The number of halogens is 1. The molecule has 0 unspecified atom stereocenters. The van der Waals surface area contributed by atoms with Crippen molar-refractivity contribution >= 4 is 18.0 Å². The summed E-state index contributed by atoms with van der Waals surface area (Å²) in [5.41, 5.74) is 0.634. The summed E-state index contributed by atoms with van der Waals surface area (Å²) in [5, 5.41) is 11.2. The maximum absolute atomic E-state index is 12.6. The second-order valence-electron chi connectivity index (χ2n) is 3.65. The molecule has 0 spiro atoms. The molecule has 0 saturated heterocycles. The van der Waals surface area contributed by atoms with Crippen LogP contribution in [0.5, 0.6) is 0 Å². The van der Waals surface area contributed by atoms with Crippen LogP contribution in [0.15, 0.2) is 30.3 Å². The lowest BCUT2D eigenvalue weighted by Gasteiger charge is -2.11. The molecule has 1 aromatic carbocycles. The summed E-state index contributed by atoms with van der Waals surface area (Å²) in [5.74, 6) is -1.66. The molecular formula is C13H14FNO4. The molecule has 102 valence electrons. The molecule has 0 aliphatic carbocycles. The Hall–Kier alpha value is -2.21. The minimum atomic E-state index is -1.10. The number of benzene rings is 1. The predicted molar refractivity (Wildman–Crippen MR) is 66.5 cm³/mol. The Morgan fingerprint density at radius 2 is 2.05 bits per heavy atom. The fourth-order valence-corrected chi connectivity index (χ4v) is 1.29. The number of ether oxygens (including phenoxy) is 1. The van der Waals surface area contributed by atoms with Gasteiger partial charge in [0, 0.05) is 6.08 Å². The predicted octanol–water partition coefficient (Wildman–Crippen LogP) is 0.489. The van der Waals surface area contributed by atoms with Crippen molar-refractivity contribution in [1.82, 2.24) is 5.32 Å². The summed E-state index contributed by atoms with van der Waals surface area (Å²) in [6, 6.07) is 4.44. The number of hydrogen-bond donors (Lipinski definition) is 2. The number of methoxy groups -OCH3 is 1. The zero-order valence-corrected chi connectivity index (χ0v) is 10.3. The van der Waals surface area contributed by atoms with E-state index in [2.05, 4.69) is 10.1 Å². The molecule has 2 N–H and O–H groups in total. The van der Waals surface area contributed by atoms with Crippen LogP contribution < -0.4 is 5.32 Å². The number of amides is 1. The molecule has 19 heavy (non-hydrogen) atoms. The molecule has 1 atom stereocenters. The van der Waals surface area contributed by atoms with Gasteiger partial charge in [-0.2, -0.15) is 0 Å². The summed E-state index contributed by atoms with van der Waals surface area (Å²) < 4.78 is 17.0. The standard InChI is InChI=1S/C13H14FNO4/c1-19-13(18)11(8-16)15-12(17)7-4-9-2-5-10(14)6-3-9/h2-7,11,16H,8H2,1H3,(H,15,17)/b7-4+/t11-/m1/s1. The maximum Gasteiger partial charge on any atom is 0.330 e. The van der Waals surface area contributed by atoms with Gasteiger partial charge in [-0.15, -0.1) is 0 Å². The Balaban J connectivity index is 2.59. The average molecular weight is 267 g/mol. The zero-order valence-electron chi connectivity index (χ0n) is 10.3. The number of hydrogen-bond acceptors (Lipinski definition) is 4. The van der Waals surface area contributed by atoms with E-state index in [0.717, 1.165) is 7.11 Å². The number of aliphatic hydroxyl groups is 1. The Bertz CT molecular complexity index is 470. The van der Waals surface area contributed by atoms with Crippen molar-refractivity contribution in [3.63, 3.8) is 0 Å². The molecule has 0 aromatic heterocycles. The van der Waals surface area contributed by atoms with Crippen molar-refractivity contribution in [3.8, 4) is 0 Å². The van der Waals surface area contributed by atoms with Gasteiger partial charge in [-0.05, 0) is 23.8 Å². The largest absolute Gasteiger partial charge is 0.467 e. The summed E-state index contributed by atoms with van der Waals surface area (Å²) in [4.78, 5) is 22.6. The molecule has 1 rings (SSSR count). The number of carbonyl (C=O) groups excluding carboxylic acids is 2. The van der Waals surface area contributed by atoms with E-state index in [1.54, 1.807) is 0 Å². The highest BCUT2D eigenvalue weighted by molar-refractivity contribution is 5.94. The third-order valence-electron chi connectivity index (χ3n) is 2.28. The molecule has 0 radical (unpaired) electrons. The lowest BCUT2D eigenvalue weighted by atomic mass is 10.2. The van der Waals surface area contributed by atoms with Crippen LogP contribution in [0.2, 0.25) is 0 Å². The smallest absolute Gasteiger partial charge is 0.330 e. The van der Waals surface area contributed by atoms with Gasteiger partial charge in [0.1, 0.15) is 5.82 Å². The lowest BCUT2D eigenvalue weighted by Crippen LogP contribution is -2.43. The SMILES string of the molecule is COC(=O)[C@@H](CO)NC(=O)/C=C/c1ccc(F)cc1. The number of nitrogens with one attached hydrogen (secondary N) is 1. The van der Waals surface area contributed by atoms with E-state index in [9.17, 15) is 14.0 Å². The van der Waals surface area contributed by atoms with Crippen molar-refractivity contribution in [2.75, 3.05) is 13.7 Å². The van der Waals surface area contributed by atoms with Gasteiger partial charge in [0.2, 0.25) is 5.91 Å². The van der Waals surface area contributed by atoms with Crippen molar-refractivity contribution < 1.29 is 23.8 Å². The second kappa shape index (κ2) is 7.27. The van der Waals surface area contributed by atoms with E-state index in [4.69, 9.17) is 5.11 Å². The molecule has 1 aromatic rings. The number of rotatable bonds is 5. The maximum atomic E-state index is 12.6. The molecule has 1 amide bonds. The Morgan fingerprint density at radius 3 is 2.58 bits per heavy atom. The van der Waals surface area contributed by atoms with Gasteiger partial charge >= 0.3 is 5.97 Å². The number of aliphatic hydroxyl groups excluding tert-OH is 1. The van der Waals surface area contributed by atoms with Crippen molar-refractivity contribution in [2.24, 2.45) is 0 Å². The Kier molecular flexibility index (Phi) is 5.69. The van der Waals surface area contributed by atoms with Crippen molar-refractivity contribution in [1.29, 1.82) is 0 Å². The molecule has 0 aliphatic heterocycles. The zero-order chi connectivity index (χ0) is 14.3. The van der Waals surface area contributed by atoms with Gasteiger partial charge in [0.05, 0.1) is 13.7 Å². The molecule has 0 heterocycles. The van der Waals surface area contributed by atoms with E-state index >= 15 is 0 Å². The normalized spacial score (nSPS) is 12.2. The van der Waals surface area contributed by atoms with E-state index in [1.807, 2.05) is 0 Å². The van der Waals surface area contributed by atoms with E-state index in [0.29, 0.717) is 5.56 Å². The van der Waals surface area contributed by atoms with E-state index < -0.39 is 24.5 Å². The van der Waals surface area contributed by atoms with Gasteiger partial charge < -0.3 is 15.2 Å². The molecule has 0 fully saturated rings. The number of esters is 1. The lowest BCUT2D eigenvalue weighted by molar-refractivity contribution is -0.145. The molecule has 0 saturated carbocycles. The highest BCUT2D eigenvalue weighted by Gasteiger charge is 2.18. The Labute approximate surface area is 109 Å². The third kappa shape index (κ3) is 4.89. The van der Waals surface area contributed by atoms with Crippen LogP contribution in [-0.2, 0) is 14.3 Å². The third-order valence-corrected chi connectivity index (χ3v) is 2.28. The van der Waals surface area contributed by atoms with E-state index in [1.165, 1.54) is 36.4 Å². The van der Waals surface area contributed by atoms with Crippen LogP contribution in [0.25, 0.3) is 6.08 Å². The quantitative estimate of drug-likeness (QED) is 0.601. The first-order chi connectivity index (χ1) is 9.06. The monoisotopic (exact) mass is 267 g/mol. The van der Waals surface area contributed by atoms with Crippen LogP contribution in [0.1, 0.15) is 5.56 Å². The molecule has 5 nitrogen and oxygen atoms in total. The van der Waals surface area contributed by atoms with Gasteiger partial charge in [-0.3, -0.25) is 4.79 Å². The minimum absolute atomic E-state index is 0.368. The molecular weight excluding hydrogens is 253 g/mol. The van der Waals surface area contributed by atoms with Crippen molar-refractivity contribution in [3.05, 3.63) is 41.7 Å². The Morgan fingerprint density at radius 1 is 1.42 bits per heavy atom. The van der Waals surface area contributed by atoms with Crippen LogP contribution in [0, 0.1) is 5.82 Å². The van der Waals surface area contributed by atoms with Gasteiger partial charge in [-0.25, -0.2) is 9.18 Å². The summed E-state index contributed by atoms with van der Waals surface area (Å²) >= 11 is 0. The molecule has 6 heteroatoms. The van der Waals surface area contributed by atoms with Crippen LogP contribution in [-0.4, -0.2) is 36.7 Å². The fourth-order valence-electron chi connectivity index (χ4n) is 1.29. The fraction of sp³-hybridized carbons (Fsp3) is 0.231. The van der Waals surface area contributed by atoms with Gasteiger partial charge in [0.15, 0.2) is 6.04 Å². The van der Waals surface area contributed by atoms with Gasteiger partial charge in [0.25, 0.3) is 0 Å². The van der Waals surface area contributed by atoms with Gasteiger partial charge in [-0.1, -0.05) is 12.1 Å². The summed E-state index contributed by atoms with van der Waals surface area (Å²) in [6.07, 6.45) is 2.64. The first-order valence-corrected chi connectivity index (χ1v) is 5.49. The van der Waals surface area contributed by atoms with Crippen LogP contribution in [0.3, 0.4) is 0 Å². The highest BCUT2D eigenvalue weighted by atomic mass is 19.1. The summed E-state index contributed by atoms with van der Waals surface area (Å²) in [7, 11) is 1.16. The molecule has 0 aliphatic rings. The first-order valence-electron chi connectivity index (χ1n) is 5.49. The minimum Gasteiger partial charge on any atom is -0.467 e. The first kappa shape index (κ1) is 14.8.